The number of benzene rings is 2. The lowest BCUT2D eigenvalue weighted by atomic mass is 10.1. The molecule has 7 nitrogen and oxygen atoms in total. The maximum absolute atomic E-state index is 13.9. The van der Waals surface area contributed by atoms with Gasteiger partial charge in [-0.25, -0.2) is 8.78 Å². The summed E-state index contributed by atoms with van der Waals surface area (Å²) in [7, 11) is 0. The summed E-state index contributed by atoms with van der Waals surface area (Å²) in [5, 5.41) is 11.9. The lowest BCUT2D eigenvalue weighted by Crippen LogP contribution is -2.48. The molecule has 0 radical (unpaired) electrons. The zero-order valence-electron chi connectivity index (χ0n) is 15.0. The van der Waals surface area contributed by atoms with Crippen LogP contribution in [0.2, 0.25) is 0 Å². The van der Waals surface area contributed by atoms with Crippen molar-refractivity contribution in [3.63, 3.8) is 0 Å². The van der Waals surface area contributed by atoms with Gasteiger partial charge in [-0.3, -0.25) is 9.69 Å². The molecule has 1 fully saturated rings. The second-order valence-corrected chi connectivity index (χ2v) is 6.51. The van der Waals surface area contributed by atoms with Crippen LogP contribution < -0.4 is 0 Å². The Morgan fingerprint density at radius 1 is 0.929 bits per heavy atom. The highest BCUT2D eigenvalue weighted by Gasteiger charge is 2.27. The van der Waals surface area contributed by atoms with Gasteiger partial charge < -0.3 is 4.90 Å². The summed E-state index contributed by atoms with van der Waals surface area (Å²) >= 11 is 0. The molecule has 1 amide bonds. The minimum atomic E-state index is -0.838. The standard InChI is InChI=1S/C19H18F2N6O/c20-15-7-4-8-16(21)18(15)19(28)26-11-9-25(10-12-26)13-17-22-23-24-27(17)14-5-2-1-3-6-14/h1-8H,9-13H2. The Morgan fingerprint density at radius 2 is 1.61 bits per heavy atom. The molecule has 2 heterocycles. The van der Waals surface area contributed by atoms with Crippen LogP contribution in [0, 0.1) is 11.6 Å². The third-order valence-electron chi connectivity index (χ3n) is 4.74. The van der Waals surface area contributed by atoms with Crippen LogP contribution in [0.5, 0.6) is 0 Å². The van der Waals surface area contributed by atoms with Gasteiger partial charge in [-0.2, -0.15) is 4.68 Å². The van der Waals surface area contributed by atoms with Crippen molar-refractivity contribution >= 4 is 5.91 Å². The lowest BCUT2D eigenvalue weighted by molar-refractivity contribution is 0.0615. The number of hydrogen-bond donors (Lipinski definition) is 0. The minimum Gasteiger partial charge on any atom is -0.336 e. The SMILES string of the molecule is O=C(c1c(F)cccc1F)N1CCN(Cc2nnnn2-c2ccccc2)CC1. The lowest BCUT2D eigenvalue weighted by Gasteiger charge is -2.34. The van der Waals surface area contributed by atoms with Crippen LogP contribution in [-0.4, -0.2) is 62.1 Å². The van der Waals surface area contributed by atoms with E-state index in [1.54, 1.807) is 4.68 Å². The Hall–Kier alpha value is -3.20. The number of aromatic nitrogens is 4. The largest absolute Gasteiger partial charge is 0.336 e. The van der Waals surface area contributed by atoms with Crippen LogP contribution in [-0.2, 0) is 6.54 Å². The number of rotatable bonds is 4. The van der Waals surface area contributed by atoms with E-state index in [0.29, 0.717) is 38.5 Å². The van der Waals surface area contributed by atoms with E-state index in [9.17, 15) is 13.6 Å². The maximum Gasteiger partial charge on any atom is 0.259 e. The molecule has 9 heteroatoms. The van der Waals surface area contributed by atoms with Crippen molar-refractivity contribution in [2.24, 2.45) is 0 Å². The Labute approximate surface area is 160 Å². The number of carbonyl (C=O) groups is 1. The summed E-state index contributed by atoms with van der Waals surface area (Å²) in [6.07, 6.45) is 0. The smallest absolute Gasteiger partial charge is 0.259 e. The number of halogens is 2. The van der Waals surface area contributed by atoms with Gasteiger partial charge in [0.25, 0.3) is 5.91 Å². The highest BCUT2D eigenvalue weighted by molar-refractivity contribution is 5.94. The van der Waals surface area contributed by atoms with Gasteiger partial charge in [0, 0.05) is 26.2 Å². The Balaban J connectivity index is 1.41. The number of amides is 1. The quantitative estimate of drug-likeness (QED) is 0.687. The van der Waals surface area contributed by atoms with E-state index in [1.807, 2.05) is 30.3 Å². The normalized spacial score (nSPS) is 15.0. The van der Waals surface area contributed by atoms with Crippen LogP contribution in [0.3, 0.4) is 0 Å². The van der Waals surface area contributed by atoms with Crippen molar-refractivity contribution in [1.29, 1.82) is 0 Å². The number of para-hydroxylation sites is 1. The first-order valence-electron chi connectivity index (χ1n) is 8.92. The summed E-state index contributed by atoms with van der Waals surface area (Å²) in [6.45, 7) is 2.38. The van der Waals surface area contributed by atoms with Crippen molar-refractivity contribution in [2.75, 3.05) is 26.2 Å². The summed E-state index contributed by atoms with van der Waals surface area (Å²) < 4.78 is 29.4. The molecule has 0 saturated carbocycles. The molecule has 0 N–H and O–H groups in total. The molecule has 144 valence electrons. The first kappa shape index (κ1) is 18.2. The molecular weight excluding hydrogens is 366 g/mol. The fraction of sp³-hybridized carbons (Fsp3) is 0.263. The Bertz CT molecular complexity index is 949. The van der Waals surface area contributed by atoms with E-state index in [4.69, 9.17) is 0 Å². The van der Waals surface area contributed by atoms with E-state index in [1.165, 1.54) is 11.0 Å². The van der Waals surface area contributed by atoms with Gasteiger partial charge >= 0.3 is 0 Å². The van der Waals surface area contributed by atoms with E-state index in [0.717, 1.165) is 17.8 Å². The first-order valence-corrected chi connectivity index (χ1v) is 8.92. The maximum atomic E-state index is 13.9. The number of piperazine rings is 1. The summed E-state index contributed by atoms with van der Waals surface area (Å²) in [6, 6.07) is 13.0. The molecule has 0 unspecified atom stereocenters. The summed E-state index contributed by atoms with van der Waals surface area (Å²) in [5.74, 6) is -1.61. The van der Waals surface area contributed by atoms with Crippen LogP contribution in [0.1, 0.15) is 16.2 Å². The van der Waals surface area contributed by atoms with Crippen LogP contribution in [0.25, 0.3) is 5.69 Å². The zero-order valence-corrected chi connectivity index (χ0v) is 15.0. The van der Waals surface area contributed by atoms with Gasteiger partial charge in [-0.1, -0.05) is 24.3 Å². The second-order valence-electron chi connectivity index (χ2n) is 6.51. The van der Waals surface area contributed by atoms with Gasteiger partial charge in [0.05, 0.1) is 12.2 Å². The second kappa shape index (κ2) is 7.81. The molecule has 1 aliphatic rings. The van der Waals surface area contributed by atoms with Gasteiger partial charge in [-0.15, -0.1) is 5.10 Å². The van der Waals surface area contributed by atoms with Crippen LogP contribution >= 0.6 is 0 Å². The molecule has 28 heavy (non-hydrogen) atoms. The topological polar surface area (TPSA) is 67.2 Å². The van der Waals surface area contributed by atoms with Crippen LogP contribution in [0.15, 0.2) is 48.5 Å². The Kier molecular flexibility index (Phi) is 5.07. The average Bonchev–Trinajstić information content (AvgIpc) is 3.17. The first-order chi connectivity index (χ1) is 13.6. The van der Waals surface area contributed by atoms with E-state index >= 15 is 0 Å². The summed E-state index contributed by atoms with van der Waals surface area (Å²) in [4.78, 5) is 16.1. The summed E-state index contributed by atoms with van der Waals surface area (Å²) in [5.41, 5.74) is 0.371. The number of nitrogens with zero attached hydrogens (tertiary/aromatic N) is 6. The molecule has 1 aliphatic heterocycles. The molecule has 0 atom stereocenters. The highest BCUT2D eigenvalue weighted by atomic mass is 19.1. The zero-order chi connectivity index (χ0) is 19.5. The van der Waals surface area contributed by atoms with Crippen LogP contribution in [0.4, 0.5) is 8.78 Å². The van der Waals surface area contributed by atoms with Crippen molar-refractivity contribution in [3.05, 3.63) is 71.6 Å². The number of hydrogen-bond acceptors (Lipinski definition) is 5. The average molecular weight is 384 g/mol. The third-order valence-corrected chi connectivity index (χ3v) is 4.74. The van der Waals surface area contributed by atoms with Gasteiger partial charge in [0.1, 0.15) is 17.2 Å². The highest BCUT2D eigenvalue weighted by Crippen LogP contribution is 2.17. The van der Waals surface area contributed by atoms with Gasteiger partial charge in [-0.05, 0) is 34.7 Å². The molecule has 0 spiro atoms. The van der Waals surface area contributed by atoms with Crippen molar-refractivity contribution in [3.8, 4) is 5.69 Å². The predicted molar refractivity (Wildman–Crippen MR) is 96.7 cm³/mol. The molecule has 1 saturated heterocycles. The molecule has 2 aromatic carbocycles. The monoisotopic (exact) mass is 384 g/mol. The Morgan fingerprint density at radius 3 is 2.29 bits per heavy atom. The molecule has 3 aromatic rings. The third kappa shape index (κ3) is 3.61. The molecular formula is C19H18F2N6O. The van der Waals surface area contributed by atoms with Gasteiger partial charge in [0.2, 0.25) is 0 Å². The predicted octanol–water partition coefficient (Wildman–Crippen LogP) is 1.90. The molecule has 4 rings (SSSR count). The fourth-order valence-electron chi connectivity index (χ4n) is 3.24. The van der Waals surface area contributed by atoms with Crippen molar-refractivity contribution in [1.82, 2.24) is 30.0 Å². The van der Waals surface area contributed by atoms with E-state index in [2.05, 4.69) is 20.4 Å². The van der Waals surface area contributed by atoms with Crippen molar-refractivity contribution in [2.45, 2.75) is 6.54 Å². The molecule has 0 aliphatic carbocycles. The molecule has 0 bridgehead atoms. The molecule has 1 aromatic heterocycles. The number of tetrazole rings is 1. The van der Waals surface area contributed by atoms with E-state index in [-0.39, 0.29) is 0 Å². The minimum absolute atomic E-state index is 0.375. The van der Waals surface area contributed by atoms with Crippen molar-refractivity contribution < 1.29 is 13.6 Å². The van der Waals surface area contributed by atoms with E-state index < -0.39 is 23.1 Å². The number of carbonyl (C=O) groups excluding carboxylic acids is 1. The van der Waals surface area contributed by atoms with Gasteiger partial charge in [0.15, 0.2) is 5.82 Å². The fourth-order valence-corrected chi connectivity index (χ4v) is 3.24.